The van der Waals surface area contributed by atoms with Crippen LogP contribution in [0.5, 0.6) is 0 Å². The van der Waals surface area contributed by atoms with Crippen LogP contribution in [0.4, 0.5) is 15.8 Å². The summed E-state index contributed by atoms with van der Waals surface area (Å²) in [6.45, 7) is 0. The van der Waals surface area contributed by atoms with E-state index in [-0.39, 0.29) is 11.4 Å². The van der Waals surface area contributed by atoms with Crippen LogP contribution in [0, 0.1) is 23.1 Å². The van der Waals surface area contributed by atoms with Crippen LogP contribution >= 0.6 is 11.6 Å². The smallest absolute Gasteiger partial charge is 0.123 e. The minimum absolute atomic E-state index is 0.0413. The summed E-state index contributed by atoms with van der Waals surface area (Å²) >= 11 is 6.74. The van der Waals surface area contributed by atoms with E-state index in [0.717, 1.165) is 36.8 Å². The Kier molecular flexibility index (Phi) is 4.95. The number of rotatable bonds is 8. The van der Waals surface area contributed by atoms with Crippen molar-refractivity contribution >= 4 is 33.9 Å². The van der Waals surface area contributed by atoms with E-state index in [1.165, 1.54) is 25.0 Å². The lowest BCUT2D eigenvalue weighted by atomic mass is 10.0. The minimum Gasteiger partial charge on any atom is -0.378 e. The Morgan fingerprint density at radius 3 is 2.68 bits per heavy atom. The molecule has 188 valence electrons. The van der Waals surface area contributed by atoms with Crippen molar-refractivity contribution in [1.29, 1.82) is 5.26 Å². The fourth-order valence-corrected chi connectivity index (χ4v) is 5.53. The van der Waals surface area contributed by atoms with Gasteiger partial charge in [-0.3, -0.25) is 9.99 Å². The van der Waals surface area contributed by atoms with Crippen molar-refractivity contribution < 1.29 is 5.76 Å². The number of aromatic nitrogens is 1. The zero-order chi connectivity index (χ0) is 26.1. The van der Waals surface area contributed by atoms with E-state index in [1.807, 2.05) is 17.3 Å². The Morgan fingerprint density at radius 2 is 2.00 bits per heavy atom. The normalized spacial score (nSPS) is 21.9. The molecule has 9 heteroatoms. The highest BCUT2D eigenvalue weighted by molar-refractivity contribution is 6.35. The van der Waals surface area contributed by atoms with Gasteiger partial charge >= 0.3 is 0 Å². The number of benzene rings is 2. The second-order valence-corrected chi connectivity index (χ2v) is 10.9. The maximum atomic E-state index is 13.8. The summed E-state index contributed by atoms with van der Waals surface area (Å²) in [5.74, 6) is 0.266. The fourth-order valence-electron chi connectivity index (χ4n) is 5.27. The number of nitrogens with one attached hydrogen (secondary N) is 4. The lowest BCUT2D eigenvalue weighted by Crippen LogP contribution is -2.38. The number of anilines is 2. The van der Waals surface area contributed by atoms with E-state index in [0.29, 0.717) is 45.0 Å². The quantitative estimate of drug-likeness (QED) is 0.304. The van der Waals surface area contributed by atoms with E-state index >= 15 is 0 Å². The maximum absolute atomic E-state index is 13.8. The molecular weight excluding hydrogens is 489 g/mol. The van der Waals surface area contributed by atoms with Gasteiger partial charge in [-0.2, -0.15) is 5.26 Å². The molecule has 3 aromatic rings. The number of fused-ring (bicyclic) bond motifs is 1. The van der Waals surface area contributed by atoms with Crippen molar-refractivity contribution in [2.45, 2.75) is 56.1 Å². The van der Waals surface area contributed by atoms with Gasteiger partial charge in [0.25, 0.3) is 0 Å². The van der Waals surface area contributed by atoms with E-state index < -0.39 is 6.02 Å². The van der Waals surface area contributed by atoms with Crippen LogP contribution in [0.2, 0.25) is 5.02 Å². The molecule has 2 heterocycles. The Bertz CT molecular complexity index is 1510. The zero-order valence-corrected chi connectivity index (χ0v) is 20.9. The molecule has 3 fully saturated rings. The van der Waals surface area contributed by atoms with Crippen LogP contribution in [-0.4, -0.2) is 21.6 Å². The second-order valence-electron chi connectivity index (χ2n) is 10.5. The number of pyridine rings is 1. The van der Waals surface area contributed by atoms with Gasteiger partial charge in [-0.05, 0) is 74.3 Å². The summed E-state index contributed by atoms with van der Waals surface area (Å²) in [5, 5.41) is 20.1. The van der Waals surface area contributed by atoms with Crippen LogP contribution in [-0.2, 0) is 0 Å². The summed E-state index contributed by atoms with van der Waals surface area (Å²) in [6, 6.07) is 10.8. The highest BCUT2D eigenvalue weighted by Gasteiger charge is 2.54. The first-order valence-electron chi connectivity index (χ1n) is 13.3. The monoisotopic (exact) mass is 516 g/mol. The molecule has 0 bridgehead atoms. The molecule has 2 aromatic carbocycles. The number of nitriles is 1. The highest BCUT2D eigenvalue weighted by Crippen LogP contribution is 2.56. The van der Waals surface area contributed by atoms with E-state index in [2.05, 4.69) is 32.6 Å². The predicted molar refractivity (Wildman–Crippen MR) is 142 cm³/mol. The van der Waals surface area contributed by atoms with Crippen LogP contribution in [0.15, 0.2) is 54.5 Å². The van der Waals surface area contributed by atoms with Gasteiger partial charge in [0.1, 0.15) is 11.9 Å². The molecule has 1 unspecified atom stereocenters. The number of hydrazine groups is 2. The first-order chi connectivity index (χ1) is 18.4. The van der Waals surface area contributed by atoms with Crippen molar-refractivity contribution in [2.75, 3.05) is 10.6 Å². The molecule has 7 nitrogen and oxygen atoms in total. The Labute approximate surface area is 221 Å². The lowest BCUT2D eigenvalue weighted by Gasteiger charge is -2.23. The Morgan fingerprint density at radius 1 is 1.22 bits per heavy atom. The van der Waals surface area contributed by atoms with Crippen LogP contribution in [0.3, 0.4) is 0 Å². The third-order valence-corrected chi connectivity index (χ3v) is 8.05. The van der Waals surface area contributed by atoms with Gasteiger partial charge in [0.2, 0.25) is 0 Å². The molecule has 0 amide bonds. The molecule has 0 radical (unpaired) electrons. The Balaban J connectivity index is 1.32. The SMILES string of the molecule is [2H]C(Nc1cc(Cl)c2ncc(C#N)c(NC3(C4CC4)CC3)c2c1)(C1=CN(C2CC2)NN1)c1ccc(F)cc1. The zero-order valence-electron chi connectivity index (χ0n) is 21.1. The van der Waals surface area contributed by atoms with Crippen molar-refractivity contribution in [3.05, 3.63) is 76.5 Å². The summed E-state index contributed by atoms with van der Waals surface area (Å²) in [6.07, 6.45) is 10.2. The lowest BCUT2D eigenvalue weighted by molar-refractivity contribution is 0.260. The molecule has 4 N–H and O–H groups in total. The molecule has 3 aliphatic carbocycles. The van der Waals surface area contributed by atoms with Gasteiger partial charge in [0, 0.05) is 35.1 Å². The first kappa shape index (κ1) is 21.5. The molecule has 1 aliphatic heterocycles. The number of hydrogen-bond acceptors (Lipinski definition) is 7. The van der Waals surface area contributed by atoms with Crippen molar-refractivity contribution in [3.8, 4) is 6.07 Å². The van der Waals surface area contributed by atoms with Gasteiger partial charge < -0.3 is 16.1 Å². The van der Waals surface area contributed by atoms with E-state index in [9.17, 15) is 11.0 Å². The van der Waals surface area contributed by atoms with Gasteiger partial charge in [-0.15, -0.1) is 5.53 Å². The second kappa shape index (κ2) is 8.51. The van der Waals surface area contributed by atoms with Crippen molar-refractivity contribution in [1.82, 2.24) is 21.0 Å². The molecular formula is C28H27ClFN7. The average Bonchev–Trinajstić information content (AvgIpc) is 3.77. The minimum atomic E-state index is -1.49. The number of hydrogen-bond donors (Lipinski definition) is 4. The number of halogens is 2. The van der Waals surface area contributed by atoms with Crippen LogP contribution in [0.1, 0.15) is 57.0 Å². The fraction of sp³-hybridized carbons (Fsp3) is 0.357. The maximum Gasteiger partial charge on any atom is 0.123 e. The third-order valence-electron chi connectivity index (χ3n) is 7.77. The van der Waals surface area contributed by atoms with Crippen molar-refractivity contribution in [3.63, 3.8) is 0 Å². The molecule has 37 heavy (non-hydrogen) atoms. The van der Waals surface area contributed by atoms with E-state index in [1.54, 1.807) is 24.4 Å². The standard InChI is InChI=1S/C28H27ClFN7/c29-23-12-20(11-22-25(17(13-31)14-32-27(22)23)34-28(9-10-28)18-3-4-18)33-26(16-1-5-19(30)6-2-16)24-15-37(36-35-24)21-7-8-21/h1-2,5-6,11-12,14-15,18,21,26,33,35-36H,3-4,7-10H2,(H,32,34)/i26D. The molecule has 3 saturated carbocycles. The first-order valence-corrected chi connectivity index (χ1v) is 13.1. The summed E-state index contributed by atoms with van der Waals surface area (Å²) < 4.78 is 23.4. The summed E-state index contributed by atoms with van der Waals surface area (Å²) in [5.41, 5.74) is 9.83. The topological polar surface area (TPSA) is 88.0 Å². The molecule has 4 aliphatic rings. The number of nitrogens with zero attached hydrogens (tertiary/aromatic N) is 3. The van der Waals surface area contributed by atoms with E-state index in [4.69, 9.17) is 11.6 Å². The molecule has 7 rings (SSSR count). The molecule has 0 spiro atoms. The Hall–Kier alpha value is -3.54. The van der Waals surface area contributed by atoms with Crippen LogP contribution in [0.25, 0.3) is 10.9 Å². The summed E-state index contributed by atoms with van der Waals surface area (Å²) in [7, 11) is 0. The molecule has 1 atom stereocenters. The van der Waals surface area contributed by atoms with Crippen molar-refractivity contribution in [2.24, 2.45) is 5.92 Å². The van der Waals surface area contributed by atoms with Gasteiger partial charge in [0.05, 0.1) is 34.9 Å². The molecule has 0 saturated heterocycles. The van der Waals surface area contributed by atoms with Gasteiger partial charge in [0.15, 0.2) is 0 Å². The largest absolute Gasteiger partial charge is 0.378 e. The predicted octanol–water partition coefficient (Wildman–Crippen LogP) is 5.74. The van der Waals surface area contributed by atoms with Gasteiger partial charge in [-0.25, -0.2) is 4.39 Å². The third kappa shape index (κ3) is 4.22. The summed E-state index contributed by atoms with van der Waals surface area (Å²) in [4.78, 5) is 4.49. The molecule has 1 aromatic heterocycles. The van der Waals surface area contributed by atoms with Crippen LogP contribution < -0.4 is 21.6 Å². The van der Waals surface area contributed by atoms with Gasteiger partial charge in [-0.1, -0.05) is 23.7 Å². The average molecular weight is 517 g/mol. The highest BCUT2D eigenvalue weighted by atomic mass is 35.5.